The van der Waals surface area contributed by atoms with Crippen molar-refractivity contribution < 1.29 is 4.79 Å². The van der Waals surface area contributed by atoms with Crippen molar-refractivity contribution in [3.8, 4) is 0 Å². The van der Waals surface area contributed by atoms with E-state index in [1.165, 1.54) is 0 Å². The van der Waals surface area contributed by atoms with E-state index in [-0.39, 0.29) is 11.9 Å². The van der Waals surface area contributed by atoms with Gasteiger partial charge in [0.25, 0.3) is 5.91 Å². The van der Waals surface area contributed by atoms with Crippen LogP contribution in [0.1, 0.15) is 29.9 Å². The van der Waals surface area contributed by atoms with Gasteiger partial charge in [0.1, 0.15) is 0 Å². The Morgan fingerprint density at radius 1 is 1.43 bits per heavy atom. The summed E-state index contributed by atoms with van der Waals surface area (Å²) in [6.45, 7) is 7.02. The van der Waals surface area contributed by atoms with Gasteiger partial charge in [0, 0.05) is 39.4 Å². The van der Waals surface area contributed by atoms with E-state index in [9.17, 15) is 4.79 Å². The maximum Gasteiger partial charge on any atom is 0.257 e. The molecule has 1 unspecified atom stereocenters. The fraction of sp³-hybridized carbons (Fsp3) is 0.643. The zero-order chi connectivity index (χ0) is 15.6. The topological polar surface area (TPSA) is 67.4 Å². The molecule has 1 aliphatic rings. The van der Waals surface area contributed by atoms with Crippen LogP contribution in [0.4, 0.5) is 0 Å². The number of carbonyl (C=O) groups excluding carboxylic acids is 1. The molecular weight excluding hydrogens is 286 g/mol. The second-order valence-corrected chi connectivity index (χ2v) is 5.89. The number of rotatable bonds is 4. The van der Waals surface area contributed by atoms with Crippen molar-refractivity contribution in [3.63, 3.8) is 0 Å². The Morgan fingerprint density at radius 3 is 2.57 bits per heavy atom. The molecule has 7 heteroatoms. The summed E-state index contributed by atoms with van der Waals surface area (Å²) in [5.74, 6) is 0.0718. The van der Waals surface area contributed by atoms with Crippen LogP contribution in [0.15, 0.2) is 6.20 Å². The van der Waals surface area contributed by atoms with Crippen molar-refractivity contribution in [3.05, 3.63) is 17.5 Å². The predicted octanol–water partition coefficient (Wildman–Crippen LogP) is 0.415. The zero-order valence-electron chi connectivity index (χ0n) is 12.9. The van der Waals surface area contributed by atoms with E-state index in [2.05, 4.69) is 10.00 Å². The summed E-state index contributed by atoms with van der Waals surface area (Å²) in [6.07, 6.45) is 2.57. The number of aryl methyl sites for hydroxylation is 2. The van der Waals surface area contributed by atoms with Gasteiger partial charge in [-0.15, -0.1) is 0 Å². The fourth-order valence-electron chi connectivity index (χ4n) is 2.64. The maximum absolute atomic E-state index is 12.6. The quantitative estimate of drug-likeness (QED) is 0.816. The smallest absolute Gasteiger partial charge is 0.257 e. The third-order valence-electron chi connectivity index (χ3n) is 4.03. The van der Waals surface area contributed by atoms with Gasteiger partial charge in [0.05, 0.1) is 22.3 Å². The Kier molecular flexibility index (Phi) is 4.95. The van der Waals surface area contributed by atoms with Crippen molar-refractivity contribution in [2.75, 3.05) is 26.2 Å². The summed E-state index contributed by atoms with van der Waals surface area (Å²) in [4.78, 5) is 17.2. The number of hydrogen-bond acceptors (Lipinski definition) is 4. The summed E-state index contributed by atoms with van der Waals surface area (Å²) >= 11 is 5.04. The van der Waals surface area contributed by atoms with Crippen molar-refractivity contribution in [2.45, 2.75) is 26.3 Å². The third kappa shape index (κ3) is 3.41. The van der Waals surface area contributed by atoms with Gasteiger partial charge in [-0.3, -0.25) is 14.4 Å². The standard InChI is InChI=1S/C14H23N5OS/c1-4-12-11(9-17(3)16-12)14(20)19-7-5-18(6-8-19)10(2)13(15)21/h9-10H,4-8H2,1-3H3,(H2,15,21). The monoisotopic (exact) mass is 309 g/mol. The maximum atomic E-state index is 12.6. The number of nitrogens with two attached hydrogens (primary N) is 1. The minimum absolute atomic E-state index is 0.0718. The normalized spacial score (nSPS) is 17.8. The van der Waals surface area contributed by atoms with Gasteiger partial charge in [0.2, 0.25) is 0 Å². The highest BCUT2D eigenvalue weighted by atomic mass is 32.1. The Bertz CT molecular complexity index is 533. The molecule has 2 heterocycles. The first kappa shape index (κ1) is 15.9. The second kappa shape index (κ2) is 6.53. The van der Waals surface area contributed by atoms with E-state index < -0.39 is 0 Å². The molecule has 21 heavy (non-hydrogen) atoms. The van der Waals surface area contributed by atoms with Crippen LogP contribution < -0.4 is 5.73 Å². The second-order valence-electron chi connectivity index (χ2n) is 5.42. The van der Waals surface area contributed by atoms with Gasteiger partial charge in [0.15, 0.2) is 0 Å². The molecule has 0 radical (unpaired) electrons. The Labute approximate surface area is 130 Å². The molecule has 1 amide bonds. The number of aromatic nitrogens is 2. The lowest BCUT2D eigenvalue weighted by Gasteiger charge is -2.37. The number of carbonyl (C=O) groups is 1. The molecule has 1 aromatic rings. The van der Waals surface area contributed by atoms with Crippen LogP contribution in [0, 0.1) is 0 Å². The average Bonchev–Trinajstić information content (AvgIpc) is 2.86. The van der Waals surface area contributed by atoms with Crippen molar-refractivity contribution in [1.29, 1.82) is 0 Å². The van der Waals surface area contributed by atoms with Crippen LogP contribution in [0.3, 0.4) is 0 Å². The van der Waals surface area contributed by atoms with Crippen LogP contribution >= 0.6 is 12.2 Å². The highest BCUT2D eigenvalue weighted by Gasteiger charge is 2.27. The predicted molar refractivity (Wildman–Crippen MR) is 86.3 cm³/mol. The molecule has 0 saturated carbocycles. The number of thiocarbonyl (C=S) groups is 1. The lowest BCUT2D eigenvalue weighted by Crippen LogP contribution is -2.54. The van der Waals surface area contributed by atoms with Crippen LogP contribution in [0.5, 0.6) is 0 Å². The minimum atomic E-state index is 0.0718. The van der Waals surface area contributed by atoms with E-state index >= 15 is 0 Å². The highest BCUT2D eigenvalue weighted by molar-refractivity contribution is 7.80. The van der Waals surface area contributed by atoms with Crippen molar-refractivity contribution >= 4 is 23.1 Å². The number of piperazine rings is 1. The van der Waals surface area contributed by atoms with Crippen LogP contribution in [-0.4, -0.2) is 62.7 Å². The summed E-state index contributed by atoms with van der Waals surface area (Å²) in [6, 6.07) is 0.0850. The SMILES string of the molecule is CCc1nn(C)cc1C(=O)N1CCN(C(C)C(N)=S)CC1. The molecule has 116 valence electrons. The molecular formula is C14H23N5OS. The first-order chi connectivity index (χ1) is 9.93. The van der Waals surface area contributed by atoms with Gasteiger partial charge in [-0.1, -0.05) is 19.1 Å². The Hall–Kier alpha value is -1.47. The molecule has 6 nitrogen and oxygen atoms in total. The largest absolute Gasteiger partial charge is 0.392 e. The van der Waals surface area contributed by atoms with Gasteiger partial charge >= 0.3 is 0 Å². The van der Waals surface area contributed by atoms with Gasteiger partial charge in [-0.05, 0) is 13.3 Å². The molecule has 2 rings (SSSR count). The highest BCUT2D eigenvalue weighted by Crippen LogP contribution is 2.14. The summed E-state index contributed by atoms with van der Waals surface area (Å²) in [5.41, 5.74) is 7.27. The first-order valence-corrected chi connectivity index (χ1v) is 7.70. The van der Waals surface area contributed by atoms with E-state index in [0.717, 1.165) is 30.8 Å². The lowest BCUT2D eigenvalue weighted by atomic mass is 10.1. The van der Waals surface area contributed by atoms with Gasteiger partial charge in [-0.25, -0.2) is 0 Å². The third-order valence-corrected chi connectivity index (χ3v) is 4.37. The van der Waals surface area contributed by atoms with E-state index in [4.69, 9.17) is 18.0 Å². The molecule has 0 aliphatic carbocycles. The molecule has 1 atom stereocenters. The average molecular weight is 309 g/mol. The Morgan fingerprint density at radius 2 is 2.05 bits per heavy atom. The Balaban J connectivity index is 2.01. The zero-order valence-corrected chi connectivity index (χ0v) is 13.7. The van der Waals surface area contributed by atoms with E-state index in [0.29, 0.717) is 18.1 Å². The van der Waals surface area contributed by atoms with Gasteiger partial charge in [-0.2, -0.15) is 5.10 Å². The first-order valence-electron chi connectivity index (χ1n) is 7.29. The summed E-state index contributed by atoms with van der Waals surface area (Å²) < 4.78 is 1.71. The molecule has 0 bridgehead atoms. The molecule has 1 aromatic heterocycles. The number of hydrogen-bond donors (Lipinski definition) is 1. The number of amides is 1. The molecule has 1 fully saturated rings. The summed E-state index contributed by atoms with van der Waals surface area (Å²) in [5, 5.41) is 4.34. The van der Waals surface area contributed by atoms with E-state index in [1.807, 2.05) is 32.0 Å². The molecule has 2 N–H and O–H groups in total. The van der Waals surface area contributed by atoms with Crippen molar-refractivity contribution in [1.82, 2.24) is 19.6 Å². The fourth-order valence-corrected chi connectivity index (χ4v) is 2.79. The minimum Gasteiger partial charge on any atom is -0.392 e. The molecule has 1 aliphatic heterocycles. The van der Waals surface area contributed by atoms with Crippen LogP contribution in [0.25, 0.3) is 0 Å². The molecule has 0 spiro atoms. The van der Waals surface area contributed by atoms with Crippen molar-refractivity contribution in [2.24, 2.45) is 12.8 Å². The van der Waals surface area contributed by atoms with E-state index in [1.54, 1.807) is 4.68 Å². The number of nitrogens with zero attached hydrogens (tertiary/aromatic N) is 4. The lowest BCUT2D eigenvalue weighted by molar-refractivity contribution is 0.0620. The van der Waals surface area contributed by atoms with Crippen LogP contribution in [0.2, 0.25) is 0 Å². The summed E-state index contributed by atoms with van der Waals surface area (Å²) in [7, 11) is 1.84. The van der Waals surface area contributed by atoms with Crippen LogP contribution in [-0.2, 0) is 13.5 Å². The van der Waals surface area contributed by atoms with Gasteiger partial charge < -0.3 is 10.6 Å². The molecule has 0 aromatic carbocycles. The molecule has 1 saturated heterocycles.